The van der Waals surface area contributed by atoms with Crippen LogP contribution < -0.4 is 4.74 Å². The Morgan fingerprint density at radius 2 is 2.06 bits per heavy atom. The molecule has 2 aromatic rings. The second-order valence-corrected chi connectivity index (χ2v) is 8.68. The fourth-order valence-corrected chi connectivity index (χ4v) is 4.24. The van der Waals surface area contributed by atoms with Gasteiger partial charge in [0.2, 0.25) is 5.88 Å². The zero-order valence-corrected chi connectivity index (χ0v) is 19.3. The van der Waals surface area contributed by atoms with Crippen LogP contribution in [0.1, 0.15) is 37.4 Å². The number of carbonyl (C=O) groups is 1. The van der Waals surface area contributed by atoms with Gasteiger partial charge < -0.3 is 14.6 Å². The van der Waals surface area contributed by atoms with Crippen LogP contribution in [0.15, 0.2) is 24.8 Å². The van der Waals surface area contributed by atoms with Crippen molar-refractivity contribution < 1.29 is 32.5 Å². The highest BCUT2D eigenvalue weighted by atomic mass is 19.4. The van der Waals surface area contributed by atoms with Gasteiger partial charge in [0, 0.05) is 50.7 Å². The molecule has 0 saturated carbocycles. The van der Waals surface area contributed by atoms with Gasteiger partial charge in [-0.25, -0.2) is 9.78 Å². The number of aliphatic carboxylic acids is 1. The van der Waals surface area contributed by atoms with Crippen LogP contribution in [-0.4, -0.2) is 73.8 Å². The molecule has 0 amide bonds. The minimum absolute atomic E-state index is 0.0484. The van der Waals surface area contributed by atoms with Crippen molar-refractivity contribution in [3.8, 4) is 5.88 Å². The number of aryl methyl sites for hydroxylation is 2. The topological polar surface area (TPSA) is 103 Å². The first kappa shape index (κ1) is 25.9. The third-order valence-electron chi connectivity index (χ3n) is 5.79. The SMILES string of the molecule is CCn1cc(CN2CC3(CC(CCOc4cncc(C)n4)CCO3)C2)cn1.O=C(O)C(F)(F)F. The predicted octanol–water partition coefficient (Wildman–Crippen LogP) is 3.08. The van der Waals surface area contributed by atoms with E-state index in [1.54, 1.807) is 12.4 Å². The molecule has 188 valence electrons. The normalized spacial score (nSPS) is 19.7. The van der Waals surface area contributed by atoms with E-state index in [9.17, 15) is 13.2 Å². The monoisotopic (exact) mass is 485 g/mol. The van der Waals surface area contributed by atoms with E-state index >= 15 is 0 Å². The number of aromatic nitrogens is 4. The Bertz CT molecular complexity index is 947. The van der Waals surface area contributed by atoms with Gasteiger partial charge in [0.25, 0.3) is 0 Å². The number of carboxylic acid groups (broad SMARTS) is 1. The summed E-state index contributed by atoms with van der Waals surface area (Å²) in [6, 6.07) is 0. The largest absolute Gasteiger partial charge is 0.490 e. The first-order valence-electron chi connectivity index (χ1n) is 11.2. The second-order valence-electron chi connectivity index (χ2n) is 8.68. The molecule has 4 heterocycles. The van der Waals surface area contributed by atoms with E-state index in [1.165, 1.54) is 5.56 Å². The Morgan fingerprint density at radius 1 is 1.32 bits per heavy atom. The molecule has 2 aliphatic heterocycles. The summed E-state index contributed by atoms with van der Waals surface area (Å²) in [4.78, 5) is 19.8. The summed E-state index contributed by atoms with van der Waals surface area (Å²) in [5.41, 5.74) is 2.22. The van der Waals surface area contributed by atoms with Gasteiger partial charge in [-0.1, -0.05) is 0 Å². The van der Waals surface area contributed by atoms with Crippen LogP contribution in [0.25, 0.3) is 0 Å². The third-order valence-corrected chi connectivity index (χ3v) is 5.79. The summed E-state index contributed by atoms with van der Waals surface area (Å²) in [5, 5.41) is 11.5. The van der Waals surface area contributed by atoms with Crippen LogP contribution in [0.4, 0.5) is 13.2 Å². The molecule has 34 heavy (non-hydrogen) atoms. The minimum atomic E-state index is -5.08. The molecule has 0 aromatic carbocycles. The number of rotatable bonds is 7. The number of hydrogen-bond acceptors (Lipinski definition) is 7. The molecule has 1 N–H and O–H groups in total. The standard InChI is InChI=1S/C20H29N5O2.C2HF3O2/c1-3-25-13-18(10-22-25)12-24-14-20(15-24)8-17(5-7-27-20)4-6-26-19-11-21-9-16(2)23-19;3-2(4,5)1(6)7/h9-11,13,17H,3-8,12,14-15H2,1-2H3;(H,6,7). The molecule has 4 rings (SSSR count). The summed E-state index contributed by atoms with van der Waals surface area (Å²) in [6.45, 7) is 9.51. The lowest BCUT2D eigenvalue weighted by Crippen LogP contribution is -2.64. The van der Waals surface area contributed by atoms with E-state index < -0.39 is 12.1 Å². The number of nitrogens with zero attached hydrogens (tertiary/aromatic N) is 5. The van der Waals surface area contributed by atoms with E-state index in [4.69, 9.17) is 19.4 Å². The predicted molar refractivity (Wildman–Crippen MR) is 115 cm³/mol. The Labute approximate surface area is 195 Å². The molecule has 2 saturated heterocycles. The van der Waals surface area contributed by atoms with Gasteiger partial charge in [-0.15, -0.1) is 0 Å². The maximum Gasteiger partial charge on any atom is 0.490 e. The van der Waals surface area contributed by atoms with Crippen molar-refractivity contribution in [2.24, 2.45) is 5.92 Å². The maximum absolute atomic E-state index is 10.6. The zero-order chi connectivity index (χ0) is 24.8. The van der Waals surface area contributed by atoms with Crippen molar-refractivity contribution in [3.63, 3.8) is 0 Å². The van der Waals surface area contributed by atoms with E-state index in [2.05, 4.69) is 33.1 Å². The van der Waals surface area contributed by atoms with Crippen molar-refractivity contribution in [3.05, 3.63) is 36.0 Å². The fourth-order valence-electron chi connectivity index (χ4n) is 4.24. The first-order valence-corrected chi connectivity index (χ1v) is 11.2. The zero-order valence-electron chi connectivity index (χ0n) is 19.3. The van der Waals surface area contributed by atoms with E-state index in [1.807, 2.05) is 17.8 Å². The lowest BCUT2D eigenvalue weighted by atomic mass is 9.79. The van der Waals surface area contributed by atoms with Crippen molar-refractivity contribution in [2.75, 3.05) is 26.3 Å². The Morgan fingerprint density at radius 3 is 2.68 bits per heavy atom. The highest BCUT2D eigenvalue weighted by Gasteiger charge is 2.47. The van der Waals surface area contributed by atoms with Crippen molar-refractivity contribution in [1.82, 2.24) is 24.6 Å². The van der Waals surface area contributed by atoms with Crippen molar-refractivity contribution in [1.29, 1.82) is 0 Å². The summed E-state index contributed by atoms with van der Waals surface area (Å²) < 4.78 is 45.7. The molecule has 0 radical (unpaired) electrons. The minimum Gasteiger partial charge on any atom is -0.477 e. The van der Waals surface area contributed by atoms with Crippen LogP contribution in [0, 0.1) is 12.8 Å². The van der Waals surface area contributed by atoms with Crippen molar-refractivity contribution in [2.45, 2.75) is 58.0 Å². The molecule has 1 spiro atoms. The number of alkyl halides is 3. The first-order chi connectivity index (χ1) is 16.1. The fraction of sp³-hybridized carbons (Fsp3) is 0.636. The molecule has 2 aliphatic rings. The van der Waals surface area contributed by atoms with Gasteiger partial charge in [-0.3, -0.25) is 14.6 Å². The van der Waals surface area contributed by atoms with Crippen LogP contribution in [0.3, 0.4) is 0 Å². The molecule has 1 atom stereocenters. The lowest BCUT2D eigenvalue weighted by molar-refractivity contribution is -0.192. The number of likely N-dealkylation sites (tertiary alicyclic amines) is 1. The van der Waals surface area contributed by atoms with Gasteiger partial charge >= 0.3 is 12.1 Å². The van der Waals surface area contributed by atoms with Gasteiger partial charge in [-0.2, -0.15) is 18.3 Å². The van der Waals surface area contributed by atoms with Gasteiger partial charge in [0.05, 0.1) is 30.3 Å². The molecule has 1 unspecified atom stereocenters. The van der Waals surface area contributed by atoms with Crippen LogP contribution in [0.5, 0.6) is 5.88 Å². The molecule has 2 fully saturated rings. The van der Waals surface area contributed by atoms with Gasteiger partial charge in [0.15, 0.2) is 0 Å². The number of carboxylic acids is 1. The maximum atomic E-state index is 10.6. The Balaban J connectivity index is 0.000000406. The van der Waals surface area contributed by atoms with Gasteiger partial charge in [0.1, 0.15) is 0 Å². The quantitative estimate of drug-likeness (QED) is 0.638. The number of ether oxygens (including phenoxy) is 2. The molecule has 0 aliphatic carbocycles. The van der Waals surface area contributed by atoms with Gasteiger partial charge in [-0.05, 0) is 39.0 Å². The molecular formula is C22H30F3N5O4. The molecular weight excluding hydrogens is 455 g/mol. The summed E-state index contributed by atoms with van der Waals surface area (Å²) in [7, 11) is 0. The van der Waals surface area contributed by atoms with Crippen molar-refractivity contribution >= 4 is 5.97 Å². The average molecular weight is 486 g/mol. The third kappa shape index (κ3) is 7.39. The van der Waals surface area contributed by atoms with E-state index in [0.29, 0.717) is 18.4 Å². The molecule has 2 aromatic heterocycles. The highest BCUT2D eigenvalue weighted by Crippen LogP contribution is 2.38. The summed E-state index contributed by atoms with van der Waals surface area (Å²) in [6.07, 6.45) is 5.75. The van der Waals surface area contributed by atoms with Crippen LogP contribution in [0.2, 0.25) is 0 Å². The molecule has 9 nitrogen and oxygen atoms in total. The second kappa shape index (κ2) is 11.1. The lowest BCUT2D eigenvalue weighted by Gasteiger charge is -2.53. The van der Waals surface area contributed by atoms with Crippen LogP contribution in [-0.2, 0) is 22.6 Å². The van der Waals surface area contributed by atoms with Crippen LogP contribution >= 0.6 is 0 Å². The summed E-state index contributed by atoms with van der Waals surface area (Å²) in [5.74, 6) is -1.48. The Hall–Kier alpha value is -2.73. The smallest absolute Gasteiger partial charge is 0.477 e. The average Bonchev–Trinajstić information content (AvgIpc) is 3.20. The number of halogens is 3. The molecule has 12 heteroatoms. The highest BCUT2D eigenvalue weighted by molar-refractivity contribution is 5.73. The molecule has 0 bridgehead atoms. The number of hydrogen-bond donors (Lipinski definition) is 1. The van der Waals surface area contributed by atoms with E-state index in [0.717, 1.165) is 57.7 Å². The Kier molecular flexibility index (Phi) is 8.47. The van der Waals surface area contributed by atoms with E-state index in [-0.39, 0.29) is 5.60 Å². The summed E-state index contributed by atoms with van der Waals surface area (Å²) >= 11 is 0.